The highest BCUT2D eigenvalue weighted by atomic mass is 19.1. The number of nitrogens with zero attached hydrogens (tertiary/aromatic N) is 2. The van der Waals surface area contributed by atoms with Crippen molar-refractivity contribution in [2.45, 2.75) is 13.3 Å². The van der Waals surface area contributed by atoms with Crippen LogP contribution >= 0.6 is 0 Å². The lowest BCUT2D eigenvalue weighted by atomic mass is 9.85. The smallest absolute Gasteiger partial charge is 0.238 e. The van der Waals surface area contributed by atoms with Gasteiger partial charge < -0.3 is 10.1 Å². The zero-order valence-corrected chi connectivity index (χ0v) is 16.2. The van der Waals surface area contributed by atoms with E-state index in [1.54, 1.807) is 30.3 Å². The van der Waals surface area contributed by atoms with Crippen molar-refractivity contribution in [3.8, 4) is 5.75 Å². The van der Waals surface area contributed by atoms with Crippen LogP contribution in [0.5, 0.6) is 5.75 Å². The lowest BCUT2D eigenvalue weighted by Gasteiger charge is -2.34. The zero-order valence-electron chi connectivity index (χ0n) is 16.2. The van der Waals surface area contributed by atoms with Crippen LogP contribution in [0.4, 0.5) is 15.8 Å². The van der Waals surface area contributed by atoms with Crippen LogP contribution in [-0.4, -0.2) is 48.5 Å². The molecule has 1 fully saturated rings. The monoisotopic (exact) mass is 395 g/mol. The summed E-state index contributed by atoms with van der Waals surface area (Å²) in [6.45, 7) is 3.74. The van der Waals surface area contributed by atoms with Gasteiger partial charge in [0.05, 0.1) is 24.8 Å². The predicted molar refractivity (Wildman–Crippen MR) is 109 cm³/mol. The van der Waals surface area contributed by atoms with E-state index < -0.39 is 11.7 Å². The normalized spacial score (nSPS) is 18.5. The van der Waals surface area contributed by atoms with Crippen LogP contribution in [-0.2, 0) is 4.79 Å². The molecule has 1 amide bonds. The van der Waals surface area contributed by atoms with Crippen molar-refractivity contribution in [2.24, 2.45) is 10.9 Å². The van der Waals surface area contributed by atoms with E-state index in [0.717, 1.165) is 11.5 Å². The summed E-state index contributed by atoms with van der Waals surface area (Å²) >= 11 is 0. The van der Waals surface area contributed by atoms with E-state index in [1.165, 1.54) is 12.1 Å². The third-order valence-electron chi connectivity index (χ3n) is 5.15. The van der Waals surface area contributed by atoms with Gasteiger partial charge in [-0.25, -0.2) is 4.39 Å². The van der Waals surface area contributed by atoms with Crippen molar-refractivity contribution in [1.29, 1.82) is 0 Å². The van der Waals surface area contributed by atoms with Gasteiger partial charge in [-0.15, -0.1) is 0 Å². The molecule has 7 heteroatoms. The number of ketones is 1. The number of halogens is 1. The van der Waals surface area contributed by atoms with Crippen molar-refractivity contribution in [2.75, 3.05) is 31.6 Å². The Kier molecular flexibility index (Phi) is 5.40. The van der Waals surface area contributed by atoms with Crippen molar-refractivity contribution in [3.05, 3.63) is 53.8 Å². The minimum atomic E-state index is -0.446. The summed E-state index contributed by atoms with van der Waals surface area (Å²) in [7, 11) is 0. The average molecular weight is 395 g/mol. The molecule has 150 valence electrons. The second kappa shape index (κ2) is 8.13. The first-order valence-corrected chi connectivity index (χ1v) is 9.70. The van der Waals surface area contributed by atoms with Crippen molar-refractivity contribution >= 4 is 28.8 Å². The number of carbonyl (C=O) groups excluding carboxylic acids is 2. The van der Waals surface area contributed by atoms with Crippen LogP contribution in [0.25, 0.3) is 0 Å². The number of hydrogen-bond donors (Lipinski definition) is 1. The topological polar surface area (TPSA) is 71.0 Å². The minimum Gasteiger partial charge on any atom is -0.494 e. The predicted octanol–water partition coefficient (Wildman–Crippen LogP) is 3.45. The van der Waals surface area contributed by atoms with Crippen molar-refractivity contribution in [3.63, 3.8) is 0 Å². The first kappa shape index (κ1) is 19.3. The molecule has 2 heterocycles. The molecule has 1 atom stereocenters. The lowest BCUT2D eigenvalue weighted by molar-refractivity contribution is -0.117. The van der Waals surface area contributed by atoms with Gasteiger partial charge in [0.2, 0.25) is 5.91 Å². The van der Waals surface area contributed by atoms with Gasteiger partial charge in [0.15, 0.2) is 5.78 Å². The van der Waals surface area contributed by atoms with Crippen LogP contribution < -0.4 is 10.1 Å². The summed E-state index contributed by atoms with van der Waals surface area (Å²) in [4.78, 5) is 31.7. The zero-order chi connectivity index (χ0) is 20.4. The molecule has 0 radical (unpaired) electrons. The summed E-state index contributed by atoms with van der Waals surface area (Å²) < 4.78 is 18.9. The maximum atomic E-state index is 13.5. The molecule has 2 aromatic carbocycles. The third kappa shape index (κ3) is 4.19. The number of anilines is 1. The number of fused-ring (bicyclic) bond motifs is 2. The number of Topliss-reactive ketones (excluding diaryl/α,β-unsaturated/α-hetero) is 1. The molecule has 0 spiro atoms. The second-order valence-electron chi connectivity index (χ2n) is 7.17. The van der Waals surface area contributed by atoms with E-state index in [9.17, 15) is 14.0 Å². The number of nitrogens with one attached hydrogen (secondary N) is 1. The summed E-state index contributed by atoms with van der Waals surface area (Å²) in [6, 6.07) is 11.3. The molecule has 0 saturated carbocycles. The number of rotatable bonds is 5. The van der Waals surface area contributed by atoms with E-state index in [-0.39, 0.29) is 18.2 Å². The van der Waals surface area contributed by atoms with Gasteiger partial charge >= 0.3 is 0 Å². The molecule has 0 aromatic heterocycles. The number of carbonyl (C=O) groups is 2. The molecule has 6 nitrogen and oxygen atoms in total. The number of benzene rings is 2. The van der Waals surface area contributed by atoms with Crippen LogP contribution in [0, 0.1) is 11.7 Å². The molecule has 4 rings (SSSR count). The van der Waals surface area contributed by atoms with Gasteiger partial charge in [-0.05, 0) is 55.8 Å². The molecule has 1 saturated heterocycles. The van der Waals surface area contributed by atoms with Crippen LogP contribution in [0.2, 0.25) is 0 Å². The minimum absolute atomic E-state index is 0.124. The highest BCUT2D eigenvalue weighted by molar-refractivity contribution is 6.18. The first-order valence-electron chi connectivity index (χ1n) is 9.70. The van der Waals surface area contributed by atoms with E-state index in [0.29, 0.717) is 43.1 Å². The van der Waals surface area contributed by atoms with Crippen LogP contribution in [0.1, 0.15) is 23.7 Å². The molecule has 2 aromatic rings. The number of ether oxygens (including phenoxy) is 1. The number of piperidine rings is 1. The molecule has 2 aliphatic heterocycles. The Morgan fingerprint density at radius 2 is 2.07 bits per heavy atom. The number of likely N-dealkylation sites (tertiary alicyclic amines) is 1. The SMILES string of the molecule is CCOc1ccc(NC(=O)CN2CCC3=Nc4ccc(F)cc4C(=O)C3C2)cc1. The maximum Gasteiger partial charge on any atom is 0.238 e. The maximum absolute atomic E-state index is 13.5. The Morgan fingerprint density at radius 1 is 1.28 bits per heavy atom. The summed E-state index contributed by atoms with van der Waals surface area (Å²) in [5.74, 6) is -0.388. The fraction of sp³-hybridized carbons (Fsp3) is 0.318. The largest absolute Gasteiger partial charge is 0.494 e. The Balaban J connectivity index is 1.38. The number of amides is 1. The first-order chi connectivity index (χ1) is 14.0. The molecule has 29 heavy (non-hydrogen) atoms. The van der Waals surface area contributed by atoms with E-state index in [4.69, 9.17) is 4.74 Å². The Morgan fingerprint density at radius 3 is 2.83 bits per heavy atom. The van der Waals surface area contributed by atoms with Gasteiger partial charge in [-0.2, -0.15) is 0 Å². The van der Waals surface area contributed by atoms with Crippen LogP contribution in [0.15, 0.2) is 47.5 Å². The third-order valence-corrected chi connectivity index (χ3v) is 5.15. The molecule has 2 aliphatic rings. The molecule has 1 unspecified atom stereocenters. The van der Waals surface area contributed by atoms with E-state index in [2.05, 4.69) is 10.3 Å². The Labute approximate surface area is 168 Å². The Hall–Kier alpha value is -3.06. The van der Waals surface area contributed by atoms with Gasteiger partial charge in [0.25, 0.3) is 0 Å². The van der Waals surface area contributed by atoms with Crippen molar-refractivity contribution in [1.82, 2.24) is 4.90 Å². The molecular weight excluding hydrogens is 373 g/mol. The molecule has 0 bridgehead atoms. The fourth-order valence-electron chi connectivity index (χ4n) is 3.76. The quantitative estimate of drug-likeness (QED) is 0.842. The Bertz CT molecular complexity index is 972. The molecule has 0 aliphatic carbocycles. The lowest BCUT2D eigenvalue weighted by Crippen LogP contribution is -2.47. The number of hydrogen-bond acceptors (Lipinski definition) is 5. The summed E-state index contributed by atoms with van der Waals surface area (Å²) in [5, 5.41) is 2.86. The van der Waals surface area contributed by atoms with E-state index >= 15 is 0 Å². The molecule has 1 N–H and O–H groups in total. The van der Waals surface area contributed by atoms with E-state index in [1.807, 2.05) is 11.8 Å². The van der Waals surface area contributed by atoms with Gasteiger partial charge in [0, 0.05) is 30.1 Å². The van der Waals surface area contributed by atoms with Crippen molar-refractivity contribution < 1.29 is 18.7 Å². The molecular formula is C22H22FN3O3. The van der Waals surface area contributed by atoms with Gasteiger partial charge in [-0.1, -0.05) is 0 Å². The standard InChI is InChI=1S/C22H22FN3O3/c1-2-29-16-6-4-15(5-7-16)24-21(27)13-26-10-9-20-18(12-26)22(28)17-11-14(23)3-8-19(17)25-20/h3-8,11,18H,2,9-10,12-13H2,1H3,(H,24,27). The summed E-state index contributed by atoms with van der Waals surface area (Å²) in [6.07, 6.45) is 0.615. The van der Waals surface area contributed by atoms with Gasteiger partial charge in [-0.3, -0.25) is 19.5 Å². The average Bonchev–Trinajstić information content (AvgIpc) is 2.71. The van der Waals surface area contributed by atoms with Gasteiger partial charge in [0.1, 0.15) is 11.6 Å². The highest BCUT2D eigenvalue weighted by Crippen LogP contribution is 2.32. The second-order valence-corrected chi connectivity index (χ2v) is 7.17. The number of aliphatic imine (C=N–C) groups is 1. The summed E-state index contributed by atoms with van der Waals surface area (Å²) in [5.41, 5.74) is 2.36. The highest BCUT2D eigenvalue weighted by Gasteiger charge is 2.36. The van der Waals surface area contributed by atoms with Crippen LogP contribution in [0.3, 0.4) is 0 Å². The fourth-order valence-corrected chi connectivity index (χ4v) is 3.76.